The normalized spacial score (nSPS) is 15.6. The van der Waals surface area contributed by atoms with Crippen molar-refractivity contribution in [2.75, 3.05) is 46.5 Å². The number of hydrogen-bond donors (Lipinski definition) is 0. The van der Waals surface area contributed by atoms with E-state index in [9.17, 15) is 9.59 Å². The Bertz CT molecular complexity index is 285. The lowest BCUT2D eigenvalue weighted by atomic mass is 10.3. The molecule has 0 N–H and O–H groups in total. The van der Waals surface area contributed by atoms with Gasteiger partial charge in [0, 0.05) is 33.3 Å². The minimum Gasteiger partial charge on any atom is -0.445 e. The van der Waals surface area contributed by atoms with Crippen LogP contribution in [-0.2, 0) is 14.3 Å². The molecule has 0 aromatic heterocycles. The van der Waals surface area contributed by atoms with E-state index in [1.165, 1.54) is 13.2 Å². The van der Waals surface area contributed by atoms with Crippen molar-refractivity contribution < 1.29 is 19.1 Å². The van der Waals surface area contributed by atoms with Gasteiger partial charge in [-0.25, -0.2) is 4.79 Å². The van der Waals surface area contributed by atoms with Crippen molar-refractivity contribution in [2.45, 2.75) is 0 Å². The second-order valence-electron chi connectivity index (χ2n) is 3.67. The molecule has 96 valence electrons. The molecule has 0 atom stereocenters. The molecule has 2 amide bonds. The summed E-state index contributed by atoms with van der Waals surface area (Å²) in [7, 11) is 1.49. The largest absolute Gasteiger partial charge is 0.445 e. The fourth-order valence-corrected chi connectivity index (χ4v) is 1.57. The fourth-order valence-electron chi connectivity index (χ4n) is 1.57. The number of piperazine rings is 1. The zero-order valence-electron chi connectivity index (χ0n) is 10.1. The molecular formula is C11H18N2O4. The minimum atomic E-state index is -0.358. The van der Waals surface area contributed by atoms with Crippen LogP contribution in [0, 0.1) is 0 Å². The van der Waals surface area contributed by atoms with Crippen LogP contribution in [0.25, 0.3) is 0 Å². The highest BCUT2D eigenvalue weighted by Gasteiger charge is 2.24. The first-order valence-corrected chi connectivity index (χ1v) is 5.48. The number of hydrogen-bond acceptors (Lipinski definition) is 4. The number of methoxy groups -OCH3 is 1. The van der Waals surface area contributed by atoms with Crippen LogP contribution < -0.4 is 0 Å². The van der Waals surface area contributed by atoms with Gasteiger partial charge in [0.15, 0.2) is 0 Å². The molecule has 0 spiro atoms. The van der Waals surface area contributed by atoms with E-state index in [0.29, 0.717) is 26.2 Å². The van der Waals surface area contributed by atoms with Crippen LogP contribution >= 0.6 is 0 Å². The van der Waals surface area contributed by atoms with Crippen molar-refractivity contribution in [3.63, 3.8) is 0 Å². The standard InChI is InChI=1S/C11H18N2O4/c1-3-8-17-11(15)13-6-4-12(5-7-13)10(14)9-16-2/h3H,1,4-9H2,2H3. The lowest BCUT2D eigenvalue weighted by Crippen LogP contribution is -2.51. The van der Waals surface area contributed by atoms with Crippen molar-refractivity contribution in [1.82, 2.24) is 9.80 Å². The van der Waals surface area contributed by atoms with Crippen LogP contribution in [0.3, 0.4) is 0 Å². The molecule has 0 aliphatic carbocycles. The Morgan fingerprint density at radius 2 is 1.82 bits per heavy atom. The molecule has 0 bridgehead atoms. The van der Waals surface area contributed by atoms with Crippen LogP contribution in [0.2, 0.25) is 0 Å². The van der Waals surface area contributed by atoms with Gasteiger partial charge in [-0.15, -0.1) is 0 Å². The number of ether oxygens (including phenoxy) is 2. The van der Waals surface area contributed by atoms with Crippen LogP contribution in [0.4, 0.5) is 4.79 Å². The monoisotopic (exact) mass is 242 g/mol. The van der Waals surface area contributed by atoms with E-state index in [4.69, 9.17) is 9.47 Å². The van der Waals surface area contributed by atoms with E-state index < -0.39 is 0 Å². The van der Waals surface area contributed by atoms with Gasteiger partial charge in [0.1, 0.15) is 13.2 Å². The smallest absolute Gasteiger partial charge is 0.410 e. The molecule has 0 unspecified atom stereocenters. The third kappa shape index (κ3) is 4.07. The molecule has 1 rings (SSSR count). The second-order valence-corrected chi connectivity index (χ2v) is 3.67. The SMILES string of the molecule is C=CCOC(=O)N1CCN(C(=O)COC)CC1. The van der Waals surface area contributed by atoms with Crippen molar-refractivity contribution in [2.24, 2.45) is 0 Å². The molecule has 1 aliphatic rings. The quantitative estimate of drug-likeness (QED) is 0.656. The second kappa shape index (κ2) is 6.90. The molecule has 17 heavy (non-hydrogen) atoms. The van der Waals surface area contributed by atoms with Gasteiger partial charge in [-0.2, -0.15) is 0 Å². The molecule has 1 aliphatic heterocycles. The zero-order valence-corrected chi connectivity index (χ0v) is 10.1. The number of carbonyl (C=O) groups excluding carboxylic acids is 2. The molecule has 1 heterocycles. The molecule has 0 radical (unpaired) electrons. The average Bonchev–Trinajstić information content (AvgIpc) is 2.36. The van der Waals surface area contributed by atoms with Gasteiger partial charge < -0.3 is 19.3 Å². The number of rotatable bonds is 4. The summed E-state index contributed by atoms with van der Waals surface area (Å²) in [5, 5.41) is 0. The van der Waals surface area contributed by atoms with Crippen LogP contribution in [0.1, 0.15) is 0 Å². The summed E-state index contributed by atoms with van der Waals surface area (Å²) in [6.45, 7) is 5.79. The average molecular weight is 242 g/mol. The van der Waals surface area contributed by atoms with Gasteiger partial charge in [0.05, 0.1) is 0 Å². The Balaban J connectivity index is 2.32. The third-order valence-electron chi connectivity index (χ3n) is 2.48. The van der Waals surface area contributed by atoms with E-state index in [1.54, 1.807) is 9.80 Å². The Hall–Kier alpha value is -1.56. The minimum absolute atomic E-state index is 0.0494. The number of nitrogens with zero attached hydrogens (tertiary/aromatic N) is 2. The maximum atomic E-state index is 11.5. The number of amides is 2. The number of carbonyl (C=O) groups is 2. The highest BCUT2D eigenvalue weighted by atomic mass is 16.6. The lowest BCUT2D eigenvalue weighted by Gasteiger charge is -2.33. The van der Waals surface area contributed by atoms with Gasteiger partial charge in [0.25, 0.3) is 0 Å². The highest BCUT2D eigenvalue weighted by Crippen LogP contribution is 2.04. The zero-order chi connectivity index (χ0) is 12.7. The van der Waals surface area contributed by atoms with E-state index in [-0.39, 0.29) is 25.2 Å². The molecule has 0 aromatic rings. The Morgan fingerprint density at radius 3 is 2.35 bits per heavy atom. The predicted octanol–water partition coefficient (Wildman–Crippen LogP) is 0.0996. The van der Waals surface area contributed by atoms with Gasteiger partial charge in [-0.05, 0) is 0 Å². The van der Waals surface area contributed by atoms with Gasteiger partial charge in [-0.1, -0.05) is 12.7 Å². The van der Waals surface area contributed by atoms with E-state index >= 15 is 0 Å². The molecule has 0 saturated carbocycles. The molecule has 6 nitrogen and oxygen atoms in total. The highest BCUT2D eigenvalue weighted by molar-refractivity contribution is 5.78. The Labute approximate surface area is 101 Å². The van der Waals surface area contributed by atoms with E-state index in [0.717, 1.165) is 0 Å². The van der Waals surface area contributed by atoms with Crippen LogP contribution in [0.5, 0.6) is 0 Å². The first-order chi connectivity index (χ1) is 8.19. The summed E-state index contributed by atoms with van der Waals surface area (Å²) in [6.07, 6.45) is 1.17. The third-order valence-corrected chi connectivity index (χ3v) is 2.48. The van der Waals surface area contributed by atoms with Crippen molar-refractivity contribution in [3.05, 3.63) is 12.7 Å². The molecule has 0 aromatic carbocycles. The first-order valence-electron chi connectivity index (χ1n) is 5.48. The summed E-state index contributed by atoms with van der Waals surface area (Å²) in [5.41, 5.74) is 0. The Morgan fingerprint density at radius 1 is 1.24 bits per heavy atom. The van der Waals surface area contributed by atoms with Crippen molar-refractivity contribution in [1.29, 1.82) is 0 Å². The molecule has 6 heteroatoms. The van der Waals surface area contributed by atoms with Crippen LogP contribution in [0.15, 0.2) is 12.7 Å². The molecule has 1 fully saturated rings. The summed E-state index contributed by atoms with van der Waals surface area (Å²) >= 11 is 0. The van der Waals surface area contributed by atoms with Crippen molar-refractivity contribution >= 4 is 12.0 Å². The lowest BCUT2D eigenvalue weighted by molar-refractivity contribution is -0.136. The predicted molar refractivity (Wildman–Crippen MR) is 61.6 cm³/mol. The van der Waals surface area contributed by atoms with Crippen molar-refractivity contribution in [3.8, 4) is 0 Å². The topological polar surface area (TPSA) is 59.1 Å². The molecule has 1 saturated heterocycles. The van der Waals surface area contributed by atoms with E-state index in [1.807, 2.05) is 0 Å². The van der Waals surface area contributed by atoms with Crippen LogP contribution in [-0.4, -0.2) is 68.3 Å². The van der Waals surface area contributed by atoms with Gasteiger partial charge in [-0.3, -0.25) is 4.79 Å². The maximum Gasteiger partial charge on any atom is 0.410 e. The summed E-state index contributed by atoms with van der Waals surface area (Å²) in [5.74, 6) is -0.0494. The van der Waals surface area contributed by atoms with Gasteiger partial charge >= 0.3 is 6.09 Å². The first kappa shape index (κ1) is 13.5. The van der Waals surface area contributed by atoms with E-state index in [2.05, 4.69) is 6.58 Å². The summed E-state index contributed by atoms with van der Waals surface area (Å²) in [6, 6.07) is 0. The molecular weight excluding hydrogens is 224 g/mol. The Kier molecular flexibility index (Phi) is 5.48. The summed E-state index contributed by atoms with van der Waals surface area (Å²) in [4.78, 5) is 26.3. The summed E-state index contributed by atoms with van der Waals surface area (Å²) < 4.78 is 9.69. The van der Waals surface area contributed by atoms with Gasteiger partial charge in [0.2, 0.25) is 5.91 Å². The fraction of sp³-hybridized carbons (Fsp3) is 0.636. The maximum absolute atomic E-state index is 11.5.